The van der Waals surface area contributed by atoms with Crippen LogP contribution in [0.5, 0.6) is 11.5 Å². The first-order valence-electron chi connectivity index (χ1n) is 6.20. The highest BCUT2D eigenvalue weighted by Crippen LogP contribution is 2.44. The second kappa shape index (κ2) is 3.62. The second-order valence-corrected chi connectivity index (χ2v) is 4.73. The van der Waals surface area contributed by atoms with Gasteiger partial charge in [0.05, 0.1) is 12.7 Å². The Labute approximate surface area is 99.9 Å². The molecule has 0 spiro atoms. The van der Waals surface area contributed by atoms with Gasteiger partial charge in [-0.3, -0.25) is 0 Å². The quantitative estimate of drug-likeness (QED) is 0.730. The molecule has 0 saturated heterocycles. The minimum Gasteiger partial charge on any atom is -0.454 e. The topological polar surface area (TPSA) is 39.7 Å². The molecule has 1 N–H and O–H groups in total. The first-order valence-corrected chi connectivity index (χ1v) is 6.20. The van der Waals surface area contributed by atoms with Crippen molar-refractivity contribution in [3.63, 3.8) is 0 Å². The lowest BCUT2D eigenvalue weighted by atomic mass is 9.91. The van der Waals surface area contributed by atoms with Crippen LogP contribution in [0.2, 0.25) is 0 Å². The fourth-order valence-electron chi connectivity index (χ4n) is 3.04. The number of hydrogen-bond donors (Lipinski definition) is 1. The highest BCUT2D eigenvalue weighted by molar-refractivity contribution is 5.57. The molecule has 0 saturated carbocycles. The lowest BCUT2D eigenvalue weighted by Crippen LogP contribution is -2.25. The van der Waals surface area contributed by atoms with E-state index in [1.165, 1.54) is 16.7 Å². The van der Waals surface area contributed by atoms with Gasteiger partial charge in [-0.15, -0.1) is 0 Å². The minimum atomic E-state index is 0.186. The van der Waals surface area contributed by atoms with Crippen molar-refractivity contribution in [1.29, 1.82) is 0 Å². The molecule has 3 aliphatic rings. The van der Waals surface area contributed by atoms with Crippen molar-refractivity contribution >= 4 is 0 Å². The Morgan fingerprint density at radius 2 is 2.24 bits per heavy atom. The van der Waals surface area contributed by atoms with E-state index >= 15 is 0 Å². The molecule has 90 valence electrons. The molecule has 0 fully saturated rings. The molecular formula is C13H15NO3. The number of fused-ring (bicyclic) bond motifs is 2. The van der Waals surface area contributed by atoms with E-state index in [-0.39, 0.29) is 6.10 Å². The predicted molar refractivity (Wildman–Crippen MR) is 61.5 cm³/mol. The van der Waals surface area contributed by atoms with Gasteiger partial charge in [-0.25, -0.2) is 0 Å². The third-order valence-corrected chi connectivity index (χ3v) is 3.79. The maximum atomic E-state index is 5.87. The van der Waals surface area contributed by atoms with Gasteiger partial charge in [0, 0.05) is 12.1 Å². The molecule has 4 rings (SSSR count). The molecule has 4 nitrogen and oxygen atoms in total. The molecule has 1 aromatic carbocycles. The van der Waals surface area contributed by atoms with E-state index in [4.69, 9.17) is 14.2 Å². The van der Waals surface area contributed by atoms with Gasteiger partial charge in [0.1, 0.15) is 0 Å². The van der Waals surface area contributed by atoms with Crippen molar-refractivity contribution in [2.45, 2.75) is 18.9 Å². The number of rotatable bonds is 0. The highest BCUT2D eigenvalue weighted by atomic mass is 16.7. The number of benzene rings is 1. The monoisotopic (exact) mass is 233 g/mol. The zero-order valence-electron chi connectivity index (χ0n) is 9.62. The number of ether oxygens (including phenoxy) is 3. The first-order chi connectivity index (χ1) is 8.43. The third kappa shape index (κ3) is 1.37. The second-order valence-electron chi connectivity index (χ2n) is 4.73. The van der Waals surface area contributed by atoms with Gasteiger partial charge in [0.15, 0.2) is 11.5 Å². The Balaban J connectivity index is 1.96. The lowest BCUT2D eigenvalue weighted by Gasteiger charge is -2.27. The largest absolute Gasteiger partial charge is 0.454 e. The summed E-state index contributed by atoms with van der Waals surface area (Å²) in [5, 5.41) is 3.43. The van der Waals surface area contributed by atoms with Crippen LogP contribution in [-0.2, 0) is 17.6 Å². The summed E-state index contributed by atoms with van der Waals surface area (Å²) in [6.07, 6.45) is 2.16. The number of nitrogens with one attached hydrogen (secondary N) is 1. The van der Waals surface area contributed by atoms with E-state index < -0.39 is 0 Å². The molecule has 3 aliphatic heterocycles. The molecule has 1 unspecified atom stereocenters. The smallest absolute Gasteiger partial charge is 0.231 e. The maximum Gasteiger partial charge on any atom is 0.231 e. The van der Waals surface area contributed by atoms with Crippen LogP contribution in [0.3, 0.4) is 0 Å². The zero-order chi connectivity index (χ0) is 11.2. The van der Waals surface area contributed by atoms with Crippen LogP contribution in [0.25, 0.3) is 0 Å². The standard InChI is InChI=1S/C13H15NO3/c1-3-14-6-11-12-8(2-4-15-11)5-10-13(9(1)12)17-7-16-10/h5,11,14H,1-4,6-7H2. The minimum absolute atomic E-state index is 0.186. The predicted octanol–water partition coefficient (Wildman–Crippen LogP) is 1.17. The molecular weight excluding hydrogens is 218 g/mol. The van der Waals surface area contributed by atoms with Crippen LogP contribution in [0, 0.1) is 0 Å². The Bertz CT molecular complexity index is 472. The van der Waals surface area contributed by atoms with Crippen molar-refractivity contribution < 1.29 is 14.2 Å². The van der Waals surface area contributed by atoms with Crippen LogP contribution in [0.4, 0.5) is 0 Å². The molecule has 1 atom stereocenters. The van der Waals surface area contributed by atoms with E-state index in [0.29, 0.717) is 6.79 Å². The molecule has 0 aliphatic carbocycles. The average Bonchev–Trinajstić information content (AvgIpc) is 2.70. The van der Waals surface area contributed by atoms with Crippen LogP contribution < -0.4 is 14.8 Å². The van der Waals surface area contributed by atoms with Crippen molar-refractivity contribution in [2.24, 2.45) is 0 Å². The van der Waals surface area contributed by atoms with Crippen LogP contribution >= 0.6 is 0 Å². The van der Waals surface area contributed by atoms with Crippen LogP contribution in [-0.4, -0.2) is 26.5 Å². The Kier molecular flexibility index (Phi) is 2.07. The Morgan fingerprint density at radius 1 is 1.24 bits per heavy atom. The fourth-order valence-corrected chi connectivity index (χ4v) is 3.04. The fraction of sp³-hybridized carbons (Fsp3) is 0.538. The van der Waals surface area contributed by atoms with E-state index in [0.717, 1.165) is 44.0 Å². The first kappa shape index (κ1) is 9.74. The van der Waals surface area contributed by atoms with Crippen molar-refractivity contribution in [3.8, 4) is 11.5 Å². The molecule has 1 aromatic rings. The van der Waals surface area contributed by atoms with Crippen molar-refractivity contribution in [1.82, 2.24) is 5.32 Å². The average molecular weight is 233 g/mol. The highest BCUT2D eigenvalue weighted by Gasteiger charge is 2.31. The summed E-state index contributed by atoms with van der Waals surface area (Å²) in [6.45, 7) is 3.04. The summed E-state index contributed by atoms with van der Waals surface area (Å²) in [4.78, 5) is 0. The summed E-state index contributed by atoms with van der Waals surface area (Å²) in [6, 6.07) is 2.14. The summed E-state index contributed by atoms with van der Waals surface area (Å²) in [5.74, 6) is 1.87. The SMILES string of the molecule is c1c2c3c(c4c1OCO4)CCNCC3OCC2. The molecule has 0 radical (unpaired) electrons. The van der Waals surface area contributed by atoms with Gasteiger partial charge in [-0.2, -0.15) is 0 Å². The normalized spacial score (nSPS) is 25.3. The van der Waals surface area contributed by atoms with E-state index in [1.807, 2.05) is 0 Å². The van der Waals surface area contributed by atoms with Gasteiger partial charge in [0.25, 0.3) is 0 Å². The zero-order valence-corrected chi connectivity index (χ0v) is 9.62. The summed E-state index contributed by atoms with van der Waals surface area (Å²) >= 11 is 0. The maximum absolute atomic E-state index is 5.87. The van der Waals surface area contributed by atoms with E-state index in [2.05, 4.69) is 11.4 Å². The van der Waals surface area contributed by atoms with Gasteiger partial charge in [0.2, 0.25) is 6.79 Å². The molecule has 17 heavy (non-hydrogen) atoms. The summed E-state index contributed by atoms with van der Waals surface area (Å²) in [5.41, 5.74) is 4.03. The molecule has 0 aromatic heterocycles. The Hall–Kier alpha value is -1.26. The van der Waals surface area contributed by atoms with Gasteiger partial charge in [-0.1, -0.05) is 0 Å². The molecule has 3 heterocycles. The summed E-state index contributed by atoms with van der Waals surface area (Å²) < 4.78 is 17.0. The van der Waals surface area contributed by atoms with Crippen LogP contribution in [0.1, 0.15) is 22.8 Å². The van der Waals surface area contributed by atoms with E-state index in [1.54, 1.807) is 0 Å². The van der Waals surface area contributed by atoms with Crippen LogP contribution in [0.15, 0.2) is 6.07 Å². The van der Waals surface area contributed by atoms with Gasteiger partial charge in [-0.05, 0) is 36.6 Å². The number of hydrogen-bond acceptors (Lipinski definition) is 4. The summed E-state index contributed by atoms with van der Waals surface area (Å²) in [7, 11) is 0. The van der Waals surface area contributed by atoms with Gasteiger partial charge < -0.3 is 19.5 Å². The molecule has 0 amide bonds. The van der Waals surface area contributed by atoms with Gasteiger partial charge >= 0.3 is 0 Å². The van der Waals surface area contributed by atoms with Crippen molar-refractivity contribution in [2.75, 3.05) is 26.5 Å². The van der Waals surface area contributed by atoms with Crippen molar-refractivity contribution in [3.05, 3.63) is 22.8 Å². The molecule has 0 bridgehead atoms. The molecule has 4 heteroatoms. The third-order valence-electron chi connectivity index (χ3n) is 3.79. The lowest BCUT2D eigenvalue weighted by molar-refractivity contribution is 0.0440. The Morgan fingerprint density at radius 3 is 3.24 bits per heavy atom. The van der Waals surface area contributed by atoms with E-state index in [9.17, 15) is 0 Å².